The van der Waals surface area contributed by atoms with Crippen molar-refractivity contribution < 1.29 is 4.74 Å². The van der Waals surface area contributed by atoms with E-state index in [0.29, 0.717) is 0 Å². The Hall–Kier alpha value is -0.960. The molecule has 0 amide bonds. The maximum atomic E-state index is 5.45. The topological polar surface area (TPSA) is 35.0 Å². The maximum absolute atomic E-state index is 5.45. The van der Waals surface area contributed by atoms with Crippen molar-refractivity contribution in [3.8, 4) is 0 Å². The van der Waals surface area contributed by atoms with E-state index in [9.17, 15) is 0 Å². The zero-order valence-electron chi connectivity index (χ0n) is 8.29. The van der Waals surface area contributed by atoms with Crippen LogP contribution < -0.4 is 0 Å². The molecule has 1 aliphatic rings. The molecule has 0 radical (unpaired) electrons. The lowest BCUT2D eigenvalue weighted by Crippen LogP contribution is -2.14. The molecule has 0 aromatic carbocycles. The molecule has 70 valence electrons. The molecular formula is C10H14N2O. The van der Waals surface area contributed by atoms with Crippen molar-refractivity contribution in [1.29, 1.82) is 0 Å². The summed E-state index contributed by atoms with van der Waals surface area (Å²) in [6, 6.07) is 0. The minimum Gasteiger partial charge on any atom is -0.372 e. The molecule has 1 aliphatic carbocycles. The monoisotopic (exact) mass is 178 g/mol. The molecule has 2 rings (SSSR count). The molecule has 0 unspecified atom stereocenters. The molecular weight excluding hydrogens is 164 g/mol. The second-order valence-corrected chi connectivity index (χ2v) is 3.64. The molecule has 1 heterocycles. The largest absolute Gasteiger partial charge is 0.372 e. The van der Waals surface area contributed by atoms with Crippen molar-refractivity contribution in [3.05, 3.63) is 23.3 Å². The molecule has 13 heavy (non-hydrogen) atoms. The van der Waals surface area contributed by atoms with Crippen LogP contribution in [-0.2, 0) is 10.3 Å². The Bertz CT molecular complexity index is 332. The summed E-state index contributed by atoms with van der Waals surface area (Å²) in [4.78, 5) is 8.78. The third kappa shape index (κ3) is 1.33. The van der Waals surface area contributed by atoms with Gasteiger partial charge in [0.2, 0.25) is 0 Å². The number of methoxy groups -OCH3 is 1. The summed E-state index contributed by atoms with van der Waals surface area (Å²) in [5.41, 5.74) is 2.87. The fraction of sp³-hybridized carbons (Fsp3) is 0.600. The van der Waals surface area contributed by atoms with Gasteiger partial charge in [-0.3, -0.25) is 9.97 Å². The average Bonchev–Trinajstić information content (AvgIpc) is 2.85. The van der Waals surface area contributed by atoms with Crippen LogP contribution in [-0.4, -0.2) is 17.1 Å². The van der Waals surface area contributed by atoms with E-state index in [1.165, 1.54) is 0 Å². The Labute approximate surface area is 78.2 Å². The highest BCUT2D eigenvalue weighted by Gasteiger charge is 2.47. The van der Waals surface area contributed by atoms with Gasteiger partial charge in [-0.05, 0) is 26.7 Å². The first-order valence-corrected chi connectivity index (χ1v) is 4.54. The lowest BCUT2D eigenvalue weighted by Gasteiger charge is -2.14. The molecule has 0 saturated heterocycles. The average molecular weight is 178 g/mol. The molecule has 0 spiro atoms. The number of ether oxygens (including phenoxy) is 1. The van der Waals surface area contributed by atoms with Crippen molar-refractivity contribution in [3.63, 3.8) is 0 Å². The van der Waals surface area contributed by atoms with Crippen molar-refractivity contribution >= 4 is 0 Å². The highest BCUT2D eigenvalue weighted by molar-refractivity contribution is 5.24. The first-order valence-electron chi connectivity index (χ1n) is 4.54. The van der Waals surface area contributed by atoms with Crippen LogP contribution in [0.1, 0.15) is 29.9 Å². The number of aromatic nitrogens is 2. The summed E-state index contributed by atoms with van der Waals surface area (Å²) < 4.78 is 5.45. The summed E-state index contributed by atoms with van der Waals surface area (Å²) in [6.45, 7) is 3.95. The van der Waals surface area contributed by atoms with Gasteiger partial charge in [-0.25, -0.2) is 0 Å². The van der Waals surface area contributed by atoms with E-state index in [-0.39, 0.29) is 5.60 Å². The third-order valence-corrected chi connectivity index (χ3v) is 2.59. The van der Waals surface area contributed by atoms with Crippen molar-refractivity contribution in [1.82, 2.24) is 9.97 Å². The van der Waals surface area contributed by atoms with Gasteiger partial charge in [-0.1, -0.05) is 0 Å². The minimum absolute atomic E-state index is 0.106. The van der Waals surface area contributed by atoms with Crippen molar-refractivity contribution in [2.75, 3.05) is 7.11 Å². The second kappa shape index (κ2) is 2.77. The van der Waals surface area contributed by atoms with Gasteiger partial charge in [-0.15, -0.1) is 0 Å². The summed E-state index contributed by atoms with van der Waals surface area (Å²) in [6.07, 6.45) is 3.95. The van der Waals surface area contributed by atoms with Crippen LogP contribution in [0.5, 0.6) is 0 Å². The second-order valence-electron chi connectivity index (χ2n) is 3.64. The zero-order chi connectivity index (χ0) is 9.47. The van der Waals surface area contributed by atoms with E-state index in [0.717, 1.165) is 29.9 Å². The first kappa shape index (κ1) is 8.63. The van der Waals surface area contributed by atoms with Crippen LogP contribution in [0.25, 0.3) is 0 Å². The molecule has 1 saturated carbocycles. The number of aryl methyl sites for hydroxylation is 2. The van der Waals surface area contributed by atoms with Crippen LogP contribution in [0, 0.1) is 13.8 Å². The molecule has 3 nitrogen and oxygen atoms in total. The van der Waals surface area contributed by atoms with Gasteiger partial charge in [-0.2, -0.15) is 0 Å². The number of rotatable bonds is 2. The summed E-state index contributed by atoms with van der Waals surface area (Å²) >= 11 is 0. The summed E-state index contributed by atoms with van der Waals surface area (Å²) in [7, 11) is 1.74. The van der Waals surface area contributed by atoms with E-state index < -0.39 is 0 Å². The van der Waals surface area contributed by atoms with Gasteiger partial charge in [0.25, 0.3) is 0 Å². The Morgan fingerprint density at radius 3 is 2.54 bits per heavy atom. The molecule has 0 aliphatic heterocycles. The van der Waals surface area contributed by atoms with E-state index in [1.54, 1.807) is 13.3 Å². The van der Waals surface area contributed by atoms with Crippen molar-refractivity contribution in [2.45, 2.75) is 32.3 Å². The lowest BCUT2D eigenvalue weighted by molar-refractivity contribution is 0.0741. The number of hydrogen-bond donors (Lipinski definition) is 0. The Kier molecular flexibility index (Phi) is 1.84. The van der Waals surface area contributed by atoms with Crippen LogP contribution in [0.15, 0.2) is 6.20 Å². The fourth-order valence-electron chi connectivity index (χ4n) is 1.70. The van der Waals surface area contributed by atoms with E-state index in [2.05, 4.69) is 9.97 Å². The first-order chi connectivity index (χ1) is 6.18. The Morgan fingerprint density at radius 1 is 1.38 bits per heavy atom. The highest BCUT2D eigenvalue weighted by atomic mass is 16.5. The van der Waals surface area contributed by atoms with Gasteiger partial charge in [0.15, 0.2) is 0 Å². The SMILES string of the molecule is COC1(c2ncc(C)nc2C)CC1. The van der Waals surface area contributed by atoms with Crippen LogP contribution in [0.2, 0.25) is 0 Å². The molecule has 0 atom stereocenters. The minimum atomic E-state index is -0.106. The highest BCUT2D eigenvalue weighted by Crippen LogP contribution is 2.48. The molecule has 3 heteroatoms. The van der Waals surface area contributed by atoms with Gasteiger partial charge in [0.05, 0.1) is 17.1 Å². The van der Waals surface area contributed by atoms with Gasteiger partial charge in [0.1, 0.15) is 5.60 Å². The molecule has 1 aromatic rings. The standard InChI is InChI=1S/C10H14N2O/c1-7-6-11-9(8(2)12-7)10(13-3)4-5-10/h6H,4-5H2,1-3H3. The predicted octanol–water partition coefficient (Wildman–Crippen LogP) is 1.73. The van der Waals surface area contributed by atoms with Gasteiger partial charge >= 0.3 is 0 Å². The molecule has 0 N–H and O–H groups in total. The van der Waals surface area contributed by atoms with Crippen LogP contribution >= 0.6 is 0 Å². The molecule has 1 aromatic heterocycles. The van der Waals surface area contributed by atoms with Crippen molar-refractivity contribution in [2.24, 2.45) is 0 Å². The van der Waals surface area contributed by atoms with Gasteiger partial charge < -0.3 is 4.74 Å². The fourth-order valence-corrected chi connectivity index (χ4v) is 1.70. The summed E-state index contributed by atoms with van der Waals surface area (Å²) in [5.74, 6) is 0. The van der Waals surface area contributed by atoms with E-state index in [1.807, 2.05) is 13.8 Å². The van der Waals surface area contributed by atoms with E-state index in [4.69, 9.17) is 4.74 Å². The number of hydrogen-bond acceptors (Lipinski definition) is 3. The predicted molar refractivity (Wildman–Crippen MR) is 49.4 cm³/mol. The molecule has 0 bridgehead atoms. The van der Waals surface area contributed by atoms with Gasteiger partial charge in [0, 0.05) is 13.3 Å². The zero-order valence-corrected chi connectivity index (χ0v) is 8.29. The van der Waals surface area contributed by atoms with Crippen LogP contribution in [0.4, 0.5) is 0 Å². The maximum Gasteiger partial charge on any atom is 0.112 e. The smallest absolute Gasteiger partial charge is 0.112 e. The van der Waals surface area contributed by atoms with Crippen LogP contribution in [0.3, 0.4) is 0 Å². The quantitative estimate of drug-likeness (QED) is 0.691. The lowest BCUT2D eigenvalue weighted by atomic mass is 10.2. The third-order valence-electron chi connectivity index (χ3n) is 2.59. The Balaban J connectivity index is 2.41. The molecule has 1 fully saturated rings. The normalized spacial score (nSPS) is 18.7. The Morgan fingerprint density at radius 2 is 2.08 bits per heavy atom. The summed E-state index contributed by atoms with van der Waals surface area (Å²) in [5, 5.41) is 0. The number of nitrogens with zero attached hydrogens (tertiary/aromatic N) is 2. The van der Waals surface area contributed by atoms with E-state index >= 15 is 0 Å².